The predicted octanol–water partition coefficient (Wildman–Crippen LogP) is 7.41. The molecule has 3 aromatic rings. The van der Waals surface area contributed by atoms with Crippen molar-refractivity contribution in [2.24, 2.45) is 0 Å². The minimum atomic E-state index is 0.925. The lowest BCUT2D eigenvalue weighted by Crippen LogP contribution is -1.90. The Hall–Kier alpha value is -1.87. The van der Waals surface area contributed by atoms with Crippen molar-refractivity contribution in [2.45, 2.75) is 51.9 Å². The number of aromatic nitrogens is 2. The van der Waals surface area contributed by atoms with Crippen LogP contribution in [0.1, 0.15) is 51.0 Å². The van der Waals surface area contributed by atoms with Gasteiger partial charge in [0, 0.05) is 21.8 Å². The standard InChI is InChI=1S/C23H27BrN2/c1-2-3-4-5-6-8-11-18-14-20(16-21(24)15-18)23-25-17-22(26-23)19-12-9-7-10-13-19/h7,9-10,12-17H,2-6,8,11H2,1H3,(H,25,26). The Labute approximate surface area is 165 Å². The summed E-state index contributed by atoms with van der Waals surface area (Å²) in [5.74, 6) is 0.925. The van der Waals surface area contributed by atoms with E-state index in [1.165, 1.54) is 44.1 Å². The van der Waals surface area contributed by atoms with E-state index in [0.29, 0.717) is 0 Å². The van der Waals surface area contributed by atoms with Crippen LogP contribution in [0.4, 0.5) is 0 Å². The van der Waals surface area contributed by atoms with Crippen molar-refractivity contribution in [3.05, 3.63) is 64.8 Å². The van der Waals surface area contributed by atoms with Crippen LogP contribution in [0.25, 0.3) is 22.6 Å². The van der Waals surface area contributed by atoms with Gasteiger partial charge in [-0.1, -0.05) is 85.3 Å². The van der Waals surface area contributed by atoms with Crippen LogP contribution >= 0.6 is 15.9 Å². The van der Waals surface area contributed by atoms with Gasteiger partial charge in [0.25, 0.3) is 0 Å². The molecule has 0 unspecified atom stereocenters. The lowest BCUT2D eigenvalue weighted by molar-refractivity contribution is 0.607. The van der Waals surface area contributed by atoms with Gasteiger partial charge in [-0.3, -0.25) is 0 Å². The average molecular weight is 411 g/mol. The summed E-state index contributed by atoms with van der Waals surface area (Å²) in [5.41, 5.74) is 4.64. The van der Waals surface area contributed by atoms with E-state index >= 15 is 0 Å². The Kier molecular flexibility index (Phi) is 7.07. The van der Waals surface area contributed by atoms with Gasteiger partial charge in [-0.05, 0) is 36.6 Å². The van der Waals surface area contributed by atoms with Gasteiger partial charge in [0.05, 0.1) is 5.69 Å². The van der Waals surface area contributed by atoms with Gasteiger partial charge in [0.1, 0.15) is 5.82 Å². The molecule has 0 fully saturated rings. The largest absolute Gasteiger partial charge is 0.344 e. The molecule has 1 aromatic heterocycles. The number of halogens is 1. The molecule has 0 aliphatic carbocycles. The first-order valence-corrected chi connectivity index (χ1v) is 10.5. The van der Waals surface area contributed by atoms with Gasteiger partial charge in [0.2, 0.25) is 0 Å². The van der Waals surface area contributed by atoms with Crippen LogP contribution in [0, 0.1) is 0 Å². The molecule has 0 radical (unpaired) electrons. The second kappa shape index (κ2) is 9.72. The minimum absolute atomic E-state index is 0.925. The molecule has 2 nitrogen and oxygen atoms in total. The number of nitrogens with zero attached hydrogens (tertiary/aromatic N) is 1. The molecule has 2 aromatic carbocycles. The summed E-state index contributed by atoms with van der Waals surface area (Å²) in [6, 6.07) is 16.9. The SMILES string of the molecule is CCCCCCCCc1cc(Br)cc(-c2nc(-c3ccccc3)c[nH]2)c1. The third kappa shape index (κ3) is 5.31. The maximum Gasteiger partial charge on any atom is 0.138 e. The number of hydrogen-bond donors (Lipinski definition) is 1. The maximum atomic E-state index is 4.79. The predicted molar refractivity (Wildman–Crippen MR) is 114 cm³/mol. The van der Waals surface area contributed by atoms with E-state index in [1.54, 1.807) is 0 Å². The van der Waals surface area contributed by atoms with Gasteiger partial charge in [-0.2, -0.15) is 0 Å². The van der Waals surface area contributed by atoms with E-state index in [2.05, 4.69) is 58.2 Å². The minimum Gasteiger partial charge on any atom is -0.344 e. The van der Waals surface area contributed by atoms with Gasteiger partial charge in [-0.15, -0.1) is 0 Å². The monoisotopic (exact) mass is 410 g/mol. The fraction of sp³-hybridized carbons (Fsp3) is 0.348. The van der Waals surface area contributed by atoms with Crippen LogP contribution in [0.5, 0.6) is 0 Å². The molecule has 1 N–H and O–H groups in total. The molecule has 136 valence electrons. The van der Waals surface area contributed by atoms with E-state index in [-0.39, 0.29) is 0 Å². The van der Waals surface area contributed by atoms with E-state index in [9.17, 15) is 0 Å². The first kappa shape index (κ1) is 18.9. The van der Waals surface area contributed by atoms with Crippen LogP contribution < -0.4 is 0 Å². The van der Waals surface area contributed by atoms with E-state index in [4.69, 9.17) is 4.98 Å². The smallest absolute Gasteiger partial charge is 0.138 e. The summed E-state index contributed by atoms with van der Waals surface area (Å²) in [7, 11) is 0. The Balaban J connectivity index is 1.67. The Morgan fingerprint density at radius 3 is 2.46 bits per heavy atom. The van der Waals surface area contributed by atoms with Gasteiger partial charge < -0.3 is 4.98 Å². The van der Waals surface area contributed by atoms with Crippen molar-refractivity contribution in [1.29, 1.82) is 0 Å². The molecule has 0 saturated carbocycles. The van der Waals surface area contributed by atoms with Crippen molar-refractivity contribution in [1.82, 2.24) is 9.97 Å². The second-order valence-electron chi connectivity index (χ2n) is 6.87. The highest BCUT2D eigenvalue weighted by atomic mass is 79.9. The van der Waals surface area contributed by atoms with E-state index in [0.717, 1.165) is 33.5 Å². The molecule has 1 heterocycles. The molecule has 3 rings (SSSR count). The Morgan fingerprint density at radius 1 is 0.885 bits per heavy atom. The van der Waals surface area contributed by atoms with Crippen molar-refractivity contribution >= 4 is 15.9 Å². The summed E-state index contributed by atoms with van der Waals surface area (Å²) in [6.07, 6.45) is 11.1. The molecule has 0 saturated heterocycles. The molecule has 0 aliphatic rings. The van der Waals surface area contributed by atoms with Crippen LogP contribution in [0.3, 0.4) is 0 Å². The number of aryl methyl sites for hydroxylation is 1. The molecule has 0 bridgehead atoms. The number of H-pyrrole nitrogens is 1. The number of rotatable bonds is 9. The lowest BCUT2D eigenvalue weighted by atomic mass is 10.0. The molecule has 26 heavy (non-hydrogen) atoms. The van der Waals surface area contributed by atoms with E-state index in [1.807, 2.05) is 24.4 Å². The summed E-state index contributed by atoms with van der Waals surface area (Å²) in [6.45, 7) is 2.26. The van der Waals surface area contributed by atoms with Crippen LogP contribution in [0.15, 0.2) is 59.2 Å². The summed E-state index contributed by atoms with van der Waals surface area (Å²) < 4.78 is 1.12. The van der Waals surface area contributed by atoms with Crippen molar-refractivity contribution < 1.29 is 0 Å². The number of imidazole rings is 1. The highest BCUT2D eigenvalue weighted by molar-refractivity contribution is 9.10. The molecule has 0 atom stereocenters. The molecular weight excluding hydrogens is 384 g/mol. The van der Waals surface area contributed by atoms with Gasteiger partial charge >= 0.3 is 0 Å². The number of benzene rings is 2. The molecule has 0 amide bonds. The number of unbranched alkanes of at least 4 members (excludes halogenated alkanes) is 5. The molecule has 0 aliphatic heterocycles. The van der Waals surface area contributed by atoms with Crippen LogP contribution in [-0.4, -0.2) is 9.97 Å². The molecular formula is C23H27BrN2. The van der Waals surface area contributed by atoms with Crippen LogP contribution in [0.2, 0.25) is 0 Å². The Bertz CT molecular complexity index is 808. The van der Waals surface area contributed by atoms with Gasteiger partial charge in [-0.25, -0.2) is 4.98 Å². The topological polar surface area (TPSA) is 28.7 Å². The van der Waals surface area contributed by atoms with Crippen molar-refractivity contribution in [2.75, 3.05) is 0 Å². The zero-order chi connectivity index (χ0) is 18.2. The average Bonchev–Trinajstić information content (AvgIpc) is 3.15. The molecule has 0 spiro atoms. The zero-order valence-corrected chi connectivity index (χ0v) is 17.1. The van der Waals surface area contributed by atoms with Crippen LogP contribution in [-0.2, 0) is 6.42 Å². The number of hydrogen-bond acceptors (Lipinski definition) is 1. The highest BCUT2D eigenvalue weighted by Gasteiger charge is 2.08. The first-order valence-electron chi connectivity index (χ1n) is 9.67. The summed E-state index contributed by atoms with van der Waals surface area (Å²) >= 11 is 3.66. The quantitative estimate of drug-likeness (QED) is 0.365. The zero-order valence-electron chi connectivity index (χ0n) is 15.5. The normalized spacial score (nSPS) is 11.0. The number of nitrogens with one attached hydrogen (secondary N) is 1. The number of aromatic amines is 1. The van der Waals surface area contributed by atoms with E-state index < -0.39 is 0 Å². The summed E-state index contributed by atoms with van der Waals surface area (Å²) in [4.78, 5) is 8.12. The van der Waals surface area contributed by atoms with Crippen molar-refractivity contribution in [3.63, 3.8) is 0 Å². The lowest BCUT2D eigenvalue weighted by Gasteiger charge is -2.06. The Morgan fingerprint density at radius 2 is 1.65 bits per heavy atom. The third-order valence-corrected chi connectivity index (χ3v) is 5.16. The second-order valence-corrected chi connectivity index (χ2v) is 7.78. The fourth-order valence-electron chi connectivity index (χ4n) is 3.27. The fourth-order valence-corrected chi connectivity index (χ4v) is 3.81. The first-order chi connectivity index (χ1) is 12.8. The van der Waals surface area contributed by atoms with Crippen molar-refractivity contribution in [3.8, 4) is 22.6 Å². The summed E-state index contributed by atoms with van der Waals surface area (Å²) in [5, 5.41) is 0. The third-order valence-electron chi connectivity index (χ3n) is 4.70. The highest BCUT2D eigenvalue weighted by Crippen LogP contribution is 2.26. The maximum absolute atomic E-state index is 4.79. The van der Waals surface area contributed by atoms with Gasteiger partial charge in [0.15, 0.2) is 0 Å². The molecule has 3 heteroatoms.